The molecule has 11 aromatic rings. The van der Waals surface area contributed by atoms with E-state index in [-0.39, 0.29) is 0 Å². The van der Waals surface area contributed by atoms with Crippen molar-refractivity contribution < 1.29 is 0 Å². The van der Waals surface area contributed by atoms with Gasteiger partial charge in [0.15, 0.2) is 11.5 Å². The van der Waals surface area contributed by atoms with Gasteiger partial charge in [0.2, 0.25) is 0 Å². The lowest BCUT2D eigenvalue weighted by molar-refractivity contribution is 1.18. The van der Waals surface area contributed by atoms with Gasteiger partial charge in [0.25, 0.3) is 0 Å². The molecule has 276 valence electrons. The number of hydrogen-bond acceptors (Lipinski definition) is 4. The Labute approximate surface area is 341 Å². The summed E-state index contributed by atoms with van der Waals surface area (Å²) in [5, 5.41) is 2.17. The molecule has 0 unspecified atom stereocenters. The summed E-state index contributed by atoms with van der Waals surface area (Å²) in [7, 11) is 0. The average Bonchev–Trinajstić information content (AvgIpc) is 3.71. The SMILES string of the molecule is c1ccc(-c2cccc(-c3cc(-c4cccc(-c5ccc(-c6nc7c(nc8ccccn87)c7ccccc67)cc5)c4)nc(-c4cccc(-c5ccccc5)c4)n3)c2)cc1. The Morgan fingerprint density at radius 2 is 0.780 bits per heavy atom. The monoisotopic (exact) mass is 753 g/mol. The zero-order valence-electron chi connectivity index (χ0n) is 31.9. The number of aromatic nitrogens is 5. The van der Waals surface area contributed by atoms with E-state index in [0.29, 0.717) is 5.82 Å². The van der Waals surface area contributed by atoms with Crippen molar-refractivity contribution in [2.24, 2.45) is 0 Å². The van der Waals surface area contributed by atoms with E-state index in [1.165, 1.54) is 0 Å². The summed E-state index contributed by atoms with van der Waals surface area (Å²) >= 11 is 0. The van der Waals surface area contributed by atoms with Crippen molar-refractivity contribution in [3.05, 3.63) is 212 Å². The summed E-state index contributed by atoms with van der Waals surface area (Å²) < 4.78 is 2.06. The van der Waals surface area contributed by atoms with Crippen LogP contribution in [0.2, 0.25) is 0 Å². The van der Waals surface area contributed by atoms with Gasteiger partial charge >= 0.3 is 0 Å². The van der Waals surface area contributed by atoms with Crippen molar-refractivity contribution in [3.63, 3.8) is 0 Å². The molecular weight excluding hydrogens is 719 g/mol. The second-order valence-corrected chi connectivity index (χ2v) is 14.7. The number of hydrogen-bond donors (Lipinski definition) is 0. The standard InChI is InChI=1S/C54H35N5/c1-3-14-36(15-4-1)40-18-11-21-43(32-40)48-35-49(56-53(55-48)45-23-13-20-42(34-45)37-16-5-2-6-17-37)44-22-12-19-41(33-44)38-27-29-39(30-28-38)51-46-24-7-8-25-47(46)52-54(58-51)59-31-10-9-26-50(59)57-52/h1-35H. The highest BCUT2D eigenvalue weighted by Gasteiger charge is 2.16. The fraction of sp³-hybridized carbons (Fsp3) is 0. The lowest BCUT2D eigenvalue weighted by Gasteiger charge is -2.12. The molecule has 0 aliphatic rings. The van der Waals surface area contributed by atoms with Crippen LogP contribution in [0.15, 0.2) is 212 Å². The Kier molecular flexibility index (Phi) is 8.41. The van der Waals surface area contributed by atoms with Crippen LogP contribution >= 0.6 is 0 Å². The van der Waals surface area contributed by atoms with Gasteiger partial charge in [0.1, 0.15) is 11.2 Å². The molecule has 0 spiro atoms. The number of imidazole rings is 1. The molecule has 7 aromatic carbocycles. The summed E-state index contributed by atoms with van der Waals surface area (Å²) in [4.78, 5) is 20.6. The average molecular weight is 754 g/mol. The minimum absolute atomic E-state index is 0.679. The summed E-state index contributed by atoms with van der Waals surface area (Å²) in [5.41, 5.74) is 16.2. The van der Waals surface area contributed by atoms with Gasteiger partial charge in [-0.05, 0) is 69.8 Å². The molecule has 0 saturated carbocycles. The summed E-state index contributed by atoms with van der Waals surface area (Å²) in [6, 6.07) is 71.9. The first kappa shape index (κ1) is 34.2. The molecule has 0 fully saturated rings. The zero-order chi connectivity index (χ0) is 39.1. The topological polar surface area (TPSA) is 56.0 Å². The van der Waals surface area contributed by atoms with Crippen molar-refractivity contribution in [3.8, 4) is 78.5 Å². The number of benzene rings is 7. The molecule has 0 aliphatic heterocycles. The highest BCUT2D eigenvalue weighted by Crippen LogP contribution is 2.36. The van der Waals surface area contributed by atoms with Gasteiger partial charge < -0.3 is 0 Å². The molecule has 0 N–H and O–H groups in total. The second kappa shape index (κ2) is 14.5. The largest absolute Gasteiger partial charge is 0.284 e. The smallest absolute Gasteiger partial charge is 0.165 e. The molecule has 4 heterocycles. The van der Waals surface area contributed by atoms with Gasteiger partial charge in [0.05, 0.1) is 17.1 Å². The maximum atomic E-state index is 5.25. The fourth-order valence-corrected chi connectivity index (χ4v) is 8.06. The van der Waals surface area contributed by atoms with Gasteiger partial charge in [0, 0.05) is 39.2 Å². The van der Waals surface area contributed by atoms with E-state index in [2.05, 4.69) is 180 Å². The molecular formula is C54H35N5. The molecule has 0 atom stereocenters. The lowest BCUT2D eigenvalue weighted by atomic mass is 9.97. The number of fused-ring (bicyclic) bond motifs is 5. The Hall–Kier alpha value is -8.02. The van der Waals surface area contributed by atoms with E-state index < -0.39 is 0 Å². The number of rotatable bonds is 7. The normalized spacial score (nSPS) is 11.4. The summed E-state index contributed by atoms with van der Waals surface area (Å²) in [5.74, 6) is 0.679. The summed E-state index contributed by atoms with van der Waals surface area (Å²) in [6.45, 7) is 0. The van der Waals surface area contributed by atoms with Crippen molar-refractivity contribution >= 4 is 27.6 Å². The Bertz CT molecular complexity index is 3220. The third-order valence-corrected chi connectivity index (χ3v) is 11.0. The quantitative estimate of drug-likeness (QED) is 0.163. The Morgan fingerprint density at radius 1 is 0.305 bits per heavy atom. The van der Waals surface area contributed by atoms with E-state index in [0.717, 1.165) is 100 Å². The maximum Gasteiger partial charge on any atom is 0.165 e. The third kappa shape index (κ3) is 6.41. The predicted octanol–water partition coefficient (Wildman–Crippen LogP) is 13.5. The molecule has 0 radical (unpaired) electrons. The Morgan fingerprint density at radius 3 is 1.41 bits per heavy atom. The minimum Gasteiger partial charge on any atom is -0.284 e. The number of pyridine rings is 2. The first-order valence-corrected chi connectivity index (χ1v) is 19.8. The van der Waals surface area contributed by atoms with E-state index in [4.69, 9.17) is 19.9 Å². The molecule has 4 aromatic heterocycles. The van der Waals surface area contributed by atoms with E-state index >= 15 is 0 Å². The van der Waals surface area contributed by atoms with Crippen LogP contribution in [0, 0.1) is 0 Å². The molecule has 0 saturated heterocycles. The van der Waals surface area contributed by atoms with Gasteiger partial charge in [-0.15, -0.1) is 0 Å². The van der Waals surface area contributed by atoms with Gasteiger partial charge in [-0.25, -0.2) is 19.9 Å². The molecule has 5 nitrogen and oxygen atoms in total. The van der Waals surface area contributed by atoms with Crippen LogP contribution in [0.4, 0.5) is 0 Å². The van der Waals surface area contributed by atoms with Crippen LogP contribution in [0.1, 0.15) is 0 Å². The van der Waals surface area contributed by atoms with Crippen LogP contribution in [-0.2, 0) is 0 Å². The maximum absolute atomic E-state index is 5.25. The predicted molar refractivity (Wildman–Crippen MR) is 242 cm³/mol. The van der Waals surface area contributed by atoms with Crippen LogP contribution in [0.3, 0.4) is 0 Å². The fourth-order valence-electron chi connectivity index (χ4n) is 8.06. The van der Waals surface area contributed by atoms with Crippen molar-refractivity contribution in [2.75, 3.05) is 0 Å². The molecule has 11 rings (SSSR count). The molecule has 0 bridgehead atoms. The number of nitrogens with zero attached hydrogens (tertiary/aromatic N) is 5. The first-order valence-electron chi connectivity index (χ1n) is 19.8. The second-order valence-electron chi connectivity index (χ2n) is 14.7. The highest BCUT2D eigenvalue weighted by atomic mass is 15.1. The molecule has 5 heteroatoms. The van der Waals surface area contributed by atoms with Crippen LogP contribution in [-0.4, -0.2) is 24.3 Å². The van der Waals surface area contributed by atoms with Crippen LogP contribution < -0.4 is 0 Å². The highest BCUT2D eigenvalue weighted by molar-refractivity contribution is 6.09. The molecule has 0 amide bonds. The molecule has 0 aliphatic carbocycles. The third-order valence-electron chi connectivity index (χ3n) is 11.0. The van der Waals surface area contributed by atoms with E-state index in [9.17, 15) is 0 Å². The van der Waals surface area contributed by atoms with Crippen LogP contribution in [0.5, 0.6) is 0 Å². The summed E-state index contributed by atoms with van der Waals surface area (Å²) in [6.07, 6.45) is 2.03. The Balaban J connectivity index is 0.997. The van der Waals surface area contributed by atoms with Gasteiger partial charge in [-0.2, -0.15) is 0 Å². The first-order chi connectivity index (χ1) is 29.2. The van der Waals surface area contributed by atoms with Crippen molar-refractivity contribution in [1.82, 2.24) is 24.3 Å². The van der Waals surface area contributed by atoms with Crippen molar-refractivity contribution in [2.45, 2.75) is 0 Å². The van der Waals surface area contributed by atoms with Crippen LogP contribution in [0.25, 0.3) is 106 Å². The van der Waals surface area contributed by atoms with Gasteiger partial charge in [-0.3, -0.25) is 4.40 Å². The molecule has 59 heavy (non-hydrogen) atoms. The van der Waals surface area contributed by atoms with E-state index in [1.54, 1.807) is 0 Å². The van der Waals surface area contributed by atoms with Crippen molar-refractivity contribution in [1.29, 1.82) is 0 Å². The zero-order valence-corrected chi connectivity index (χ0v) is 31.9. The van der Waals surface area contributed by atoms with Gasteiger partial charge in [-0.1, -0.05) is 170 Å². The van der Waals surface area contributed by atoms with E-state index in [1.807, 2.05) is 36.5 Å². The minimum atomic E-state index is 0.679. The lowest BCUT2D eigenvalue weighted by Crippen LogP contribution is -1.96.